The highest BCUT2D eigenvalue weighted by molar-refractivity contribution is 7.99. The zero-order valence-electron chi connectivity index (χ0n) is 19.9. The molecule has 172 valence electrons. The highest BCUT2D eigenvalue weighted by atomic mass is 32.2. The molecule has 0 aliphatic carbocycles. The fourth-order valence-electron chi connectivity index (χ4n) is 3.96. The Bertz CT molecular complexity index is 994. The summed E-state index contributed by atoms with van der Waals surface area (Å²) in [4.78, 5) is 6.96. The van der Waals surface area contributed by atoms with E-state index in [0.29, 0.717) is 13.5 Å². The number of rotatable bonds is 6. The number of benzene rings is 2. The molecule has 0 aromatic heterocycles. The molecule has 0 N–H and O–H groups in total. The van der Waals surface area contributed by atoms with Crippen molar-refractivity contribution in [2.75, 3.05) is 36.4 Å². The molecule has 0 unspecified atom stereocenters. The van der Waals surface area contributed by atoms with Gasteiger partial charge in [-0.05, 0) is 99.5 Å². The van der Waals surface area contributed by atoms with Gasteiger partial charge in [0.15, 0.2) is 13.5 Å². The second kappa shape index (κ2) is 10.7. The summed E-state index contributed by atoms with van der Waals surface area (Å²) in [6.07, 6.45) is 8.11. The van der Waals surface area contributed by atoms with Crippen molar-refractivity contribution in [3.05, 3.63) is 95.5 Å². The van der Waals surface area contributed by atoms with Gasteiger partial charge in [-0.3, -0.25) is 0 Å². The Morgan fingerprint density at radius 1 is 0.667 bits per heavy atom. The highest BCUT2D eigenvalue weighted by Gasteiger charge is 2.17. The van der Waals surface area contributed by atoms with Crippen molar-refractivity contribution in [3.8, 4) is 0 Å². The maximum atomic E-state index is 5.90. The molecule has 2 aromatic rings. The molecule has 2 heterocycles. The van der Waals surface area contributed by atoms with Crippen molar-refractivity contribution in [2.45, 2.75) is 37.5 Å². The topological polar surface area (TPSA) is 24.9 Å². The lowest BCUT2D eigenvalue weighted by atomic mass is 10.2. The largest absolute Gasteiger partial charge is 0.473 e. The first-order chi connectivity index (χ1) is 16.1. The molecule has 2 aliphatic heterocycles. The predicted molar refractivity (Wildman–Crippen MR) is 139 cm³/mol. The number of anilines is 2. The molecule has 0 saturated carbocycles. The van der Waals surface area contributed by atoms with E-state index in [1.807, 2.05) is 38.2 Å². The van der Waals surface area contributed by atoms with Crippen LogP contribution in [0.15, 0.2) is 105 Å². The maximum Gasteiger partial charge on any atom is 0.161 e. The van der Waals surface area contributed by atoms with Gasteiger partial charge in [0.25, 0.3) is 0 Å². The van der Waals surface area contributed by atoms with E-state index in [1.165, 1.54) is 32.3 Å². The molecule has 0 atom stereocenters. The third-order valence-electron chi connectivity index (χ3n) is 5.72. The molecular weight excluding hydrogens is 428 g/mol. The van der Waals surface area contributed by atoms with Crippen molar-refractivity contribution in [1.82, 2.24) is 0 Å². The van der Waals surface area contributed by atoms with Gasteiger partial charge in [-0.25, -0.2) is 0 Å². The van der Waals surface area contributed by atoms with Gasteiger partial charge in [0.1, 0.15) is 11.5 Å². The third kappa shape index (κ3) is 5.66. The van der Waals surface area contributed by atoms with Gasteiger partial charge >= 0.3 is 0 Å². The van der Waals surface area contributed by atoms with E-state index in [9.17, 15) is 0 Å². The Balaban J connectivity index is 1.36. The van der Waals surface area contributed by atoms with Gasteiger partial charge in [0.05, 0.1) is 0 Å². The van der Waals surface area contributed by atoms with Crippen LogP contribution in [0.25, 0.3) is 0 Å². The third-order valence-corrected chi connectivity index (χ3v) is 6.74. The number of nitrogens with zero attached hydrogens (tertiary/aromatic N) is 2. The molecular formula is C28H32N2O2S. The van der Waals surface area contributed by atoms with E-state index < -0.39 is 0 Å². The minimum atomic E-state index is 0.579. The predicted octanol–water partition coefficient (Wildman–Crippen LogP) is 7.13. The van der Waals surface area contributed by atoms with Crippen LogP contribution in [-0.4, -0.2) is 26.6 Å². The summed E-state index contributed by atoms with van der Waals surface area (Å²) in [5.74, 6) is 1.98. The summed E-state index contributed by atoms with van der Waals surface area (Å²) in [6.45, 7) is 11.2. The molecule has 0 fully saturated rings. The normalized spacial score (nSPS) is 17.2. The summed E-state index contributed by atoms with van der Waals surface area (Å²) < 4.78 is 11.8. The standard InChI is InChI=1S/C28H32N2O2S/c1-5-7-27-21(3)17-29(19-31-27)23-9-13-25(14-10-23)33-26-15-11-24(12-16-26)30-18-22(4)28(8-6-2)32-20-30/h5-16H,17-20H2,1-4H3/b7-5-,8-6-. The molecule has 33 heavy (non-hydrogen) atoms. The quantitative estimate of drug-likeness (QED) is 0.457. The van der Waals surface area contributed by atoms with Crippen molar-refractivity contribution >= 4 is 23.1 Å². The Morgan fingerprint density at radius 2 is 1.06 bits per heavy atom. The molecule has 4 rings (SSSR count). The Kier molecular flexibility index (Phi) is 7.50. The molecule has 0 amide bonds. The van der Waals surface area contributed by atoms with Crippen LogP contribution in [0.3, 0.4) is 0 Å². The van der Waals surface area contributed by atoms with E-state index in [2.05, 4.69) is 72.2 Å². The monoisotopic (exact) mass is 460 g/mol. The highest BCUT2D eigenvalue weighted by Crippen LogP contribution is 2.32. The fourth-order valence-corrected chi connectivity index (χ4v) is 4.78. The van der Waals surface area contributed by atoms with Gasteiger partial charge in [-0.2, -0.15) is 0 Å². The minimum absolute atomic E-state index is 0.579. The van der Waals surface area contributed by atoms with Crippen LogP contribution in [0.2, 0.25) is 0 Å². The lowest BCUT2D eigenvalue weighted by molar-refractivity contribution is 0.206. The second-order valence-corrected chi connectivity index (χ2v) is 9.47. The smallest absolute Gasteiger partial charge is 0.161 e. The molecule has 2 aromatic carbocycles. The molecule has 0 radical (unpaired) electrons. The van der Waals surface area contributed by atoms with Gasteiger partial charge < -0.3 is 19.3 Å². The van der Waals surface area contributed by atoms with Crippen molar-refractivity contribution in [2.24, 2.45) is 0 Å². The zero-order valence-corrected chi connectivity index (χ0v) is 20.7. The molecule has 0 saturated heterocycles. The van der Waals surface area contributed by atoms with Crippen LogP contribution in [0, 0.1) is 0 Å². The zero-order chi connectivity index (χ0) is 23.2. The summed E-state index contributed by atoms with van der Waals surface area (Å²) in [7, 11) is 0. The first-order valence-electron chi connectivity index (χ1n) is 11.4. The average molecular weight is 461 g/mol. The van der Waals surface area contributed by atoms with E-state index in [-0.39, 0.29) is 0 Å². The first-order valence-corrected chi connectivity index (χ1v) is 12.2. The molecule has 0 spiro atoms. The lowest BCUT2D eigenvalue weighted by Gasteiger charge is -2.31. The maximum absolute atomic E-state index is 5.90. The summed E-state index contributed by atoms with van der Waals surface area (Å²) in [6, 6.07) is 17.4. The van der Waals surface area contributed by atoms with Crippen LogP contribution in [0.4, 0.5) is 11.4 Å². The summed E-state index contributed by atoms with van der Waals surface area (Å²) in [5, 5.41) is 0. The van der Waals surface area contributed by atoms with Crippen LogP contribution in [0.5, 0.6) is 0 Å². The van der Waals surface area contributed by atoms with Gasteiger partial charge in [0, 0.05) is 34.3 Å². The van der Waals surface area contributed by atoms with E-state index >= 15 is 0 Å². The minimum Gasteiger partial charge on any atom is -0.473 e. The average Bonchev–Trinajstić information content (AvgIpc) is 2.83. The Hall–Kier alpha value is -3.05. The van der Waals surface area contributed by atoms with E-state index in [1.54, 1.807) is 11.8 Å². The van der Waals surface area contributed by atoms with Crippen LogP contribution < -0.4 is 9.80 Å². The van der Waals surface area contributed by atoms with Crippen molar-refractivity contribution < 1.29 is 9.47 Å². The Labute approximate surface area is 201 Å². The SMILES string of the molecule is C/C=C\C1=C(C)CN(c2ccc(Sc3ccc(N4COC(/C=C\C)=C(C)C4)cc3)cc2)CO1. The van der Waals surface area contributed by atoms with Crippen LogP contribution >= 0.6 is 11.8 Å². The number of hydrogen-bond acceptors (Lipinski definition) is 5. The van der Waals surface area contributed by atoms with Gasteiger partial charge in [-0.1, -0.05) is 23.9 Å². The van der Waals surface area contributed by atoms with Gasteiger partial charge in [-0.15, -0.1) is 0 Å². The summed E-state index contributed by atoms with van der Waals surface area (Å²) in [5.41, 5.74) is 4.86. The number of hydrogen-bond donors (Lipinski definition) is 0. The number of ether oxygens (including phenoxy) is 2. The van der Waals surface area contributed by atoms with Crippen LogP contribution in [0.1, 0.15) is 27.7 Å². The van der Waals surface area contributed by atoms with E-state index in [4.69, 9.17) is 9.47 Å². The van der Waals surface area contributed by atoms with Crippen molar-refractivity contribution in [3.63, 3.8) is 0 Å². The molecule has 5 heteroatoms. The van der Waals surface area contributed by atoms with Crippen LogP contribution in [-0.2, 0) is 9.47 Å². The Morgan fingerprint density at radius 3 is 1.39 bits per heavy atom. The lowest BCUT2D eigenvalue weighted by Crippen LogP contribution is -2.32. The fraction of sp³-hybridized carbons (Fsp3) is 0.286. The first kappa shape index (κ1) is 23.1. The number of allylic oxidation sites excluding steroid dienone is 4. The molecule has 4 nitrogen and oxygen atoms in total. The van der Waals surface area contributed by atoms with E-state index in [0.717, 1.165) is 24.6 Å². The second-order valence-electron chi connectivity index (χ2n) is 8.32. The summed E-state index contributed by atoms with van der Waals surface area (Å²) >= 11 is 1.78. The van der Waals surface area contributed by atoms with Crippen molar-refractivity contribution in [1.29, 1.82) is 0 Å². The molecule has 0 bridgehead atoms. The van der Waals surface area contributed by atoms with Gasteiger partial charge in [0.2, 0.25) is 0 Å². The molecule has 2 aliphatic rings.